The average Bonchev–Trinajstić information content (AvgIpc) is 3.55. The van der Waals surface area contributed by atoms with Crippen LogP contribution in [0.4, 0.5) is 5.69 Å². The smallest absolute Gasteiger partial charge is 0.263 e. The standard InChI is InChI=1S/C34H44N6O3/c1-22-28-19-36-31(37-33(28)40(26-7-3-4-8-26)34(42)32(22)23(2)41)9-5-6-24-10-11-30-29(18-24)39-17-16-38(20-27(39)21-43-30)25-12-14-35-15-13-25/h10-11,18-19,25-27,35H,3-9,12-17,20-21H2,1-2H3/t27-/m0/s1. The Kier molecular flexibility index (Phi) is 7.95. The van der Waals surface area contributed by atoms with Crippen LogP contribution in [0.25, 0.3) is 11.0 Å². The van der Waals surface area contributed by atoms with Crippen molar-refractivity contribution in [2.75, 3.05) is 44.2 Å². The van der Waals surface area contributed by atoms with Gasteiger partial charge in [-0.2, -0.15) is 0 Å². The number of pyridine rings is 1. The van der Waals surface area contributed by atoms with Crippen LogP contribution in [0.2, 0.25) is 0 Å². The molecular weight excluding hydrogens is 540 g/mol. The first-order chi connectivity index (χ1) is 21.0. The average molecular weight is 585 g/mol. The van der Waals surface area contributed by atoms with Gasteiger partial charge in [0.15, 0.2) is 5.78 Å². The highest BCUT2D eigenvalue weighted by atomic mass is 16.5. The lowest BCUT2D eigenvalue weighted by Crippen LogP contribution is -2.60. The highest BCUT2D eigenvalue weighted by Gasteiger charge is 2.35. The number of fused-ring (bicyclic) bond motifs is 4. The van der Waals surface area contributed by atoms with Crippen molar-refractivity contribution in [3.63, 3.8) is 0 Å². The van der Waals surface area contributed by atoms with E-state index in [0.29, 0.717) is 23.3 Å². The SMILES string of the molecule is CC(=O)c1c(C)c2cnc(CCCc3ccc4c(c3)N3CCN(C5CCNCC5)C[C@H]3CO4)nc2n(C2CCCC2)c1=O. The molecular formula is C34H44N6O3. The summed E-state index contributed by atoms with van der Waals surface area (Å²) in [5, 5.41) is 4.30. The third-order valence-electron chi connectivity index (χ3n) is 10.3. The summed E-state index contributed by atoms with van der Waals surface area (Å²) in [6.45, 7) is 9.58. The lowest BCUT2D eigenvalue weighted by molar-refractivity contribution is 0.101. The van der Waals surface area contributed by atoms with Gasteiger partial charge in [-0.05, 0) is 88.7 Å². The predicted molar refractivity (Wildman–Crippen MR) is 169 cm³/mol. The second-order valence-electron chi connectivity index (χ2n) is 13.0. The number of nitrogens with one attached hydrogen (secondary N) is 1. The van der Waals surface area contributed by atoms with E-state index in [1.807, 2.05) is 17.7 Å². The van der Waals surface area contributed by atoms with Crippen molar-refractivity contribution < 1.29 is 9.53 Å². The van der Waals surface area contributed by atoms with E-state index < -0.39 is 0 Å². The molecule has 0 bridgehead atoms. The van der Waals surface area contributed by atoms with E-state index in [9.17, 15) is 9.59 Å². The fourth-order valence-electron chi connectivity index (χ4n) is 7.95. The molecule has 1 N–H and O–H groups in total. The number of ether oxygens (including phenoxy) is 1. The van der Waals surface area contributed by atoms with Crippen molar-refractivity contribution in [3.8, 4) is 5.75 Å². The zero-order valence-electron chi connectivity index (χ0n) is 25.6. The molecule has 3 aliphatic heterocycles. The van der Waals surface area contributed by atoms with Crippen molar-refractivity contribution in [1.82, 2.24) is 24.8 Å². The second kappa shape index (κ2) is 12.0. The van der Waals surface area contributed by atoms with Gasteiger partial charge in [0.25, 0.3) is 5.56 Å². The number of hydrogen-bond acceptors (Lipinski definition) is 8. The predicted octanol–water partition coefficient (Wildman–Crippen LogP) is 4.23. The molecule has 1 atom stereocenters. The molecule has 5 heterocycles. The summed E-state index contributed by atoms with van der Waals surface area (Å²) in [6, 6.07) is 7.86. The van der Waals surface area contributed by atoms with E-state index in [1.165, 1.54) is 31.0 Å². The first kappa shape index (κ1) is 28.5. The van der Waals surface area contributed by atoms with Gasteiger partial charge in [-0.15, -0.1) is 0 Å². The maximum absolute atomic E-state index is 13.5. The number of aromatic nitrogens is 3. The first-order valence-corrected chi connectivity index (χ1v) is 16.4. The molecule has 0 amide bonds. The van der Waals surface area contributed by atoms with Crippen LogP contribution < -0.4 is 20.5 Å². The Bertz CT molecular complexity index is 1570. The Hall–Kier alpha value is -3.30. The van der Waals surface area contributed by atoms with Crippen LogP contribution in [0.3, 0.4) is 0 Å². The number of nitrogens with zero attached hydrogens (tertiary/aromatic N) is 5. The number of piperazine rings is 1. The summed E-state index contributed by atoms with van der Waals surface area (Å²) in [6.07, 6.45) is 11.0. The fourth-order valence-corrected chi connectivity index (χ4v) is 7.95. The number of carbonyl (C=O) groups excluding carboxylic acids is 1. The zero-order valence-corrected chi connectivity index (χ0v) is 25.6. The third kappa shape index (κ3) is 5.46. The van der Waals surface area contributed by atoms with Gasteiger partial charge in [0.2, 0.25) is 0 Å². The molecule has 9 heteroatoms. The normalized spacial score (nSPS) is 21.5. The minimum absolute atomic E-state index is 0.0968. The maximum atomic E-state index is 13.5. The number of benzene rings is 1. The molecule has 2 saturated heterocycles. The Morgan fingerprint density at radius 1 is 1.05 bits per heavy atom. The molecule has 0 spiro atoms. The van der Waals surface area contributed by atoms with Crippen molar-refractivity contribution in [2.24, 2.45) is 0 Å². The minimum Gasteiger partial charge on any atom is -0.489 e. The molecule has 3 aromatic rings. The summed E-state index contributed by atoms with van der Waals surface area (Å²) >= 11 is 0. The van der Waals surface area contributed by atoms with Gasteiger partial charge in [0, 0.05) is 49.7 Å². The number of aryl methyl sites for hydroxylation is 3. The summed E-state index contributed by atoms with van der Waals surface area (Å²) < 4.78 is 8.05. The molecule has 0 unspecified atom stereocenters. The summed E-state index contributed by atoms with van der Waals surface area (Å²) in [5.41, 5.74) is 4.00. The number of ketones is 1. The highest BCUT2D eigenvalue weighted by molar-refractivity contribution is 5.99. The monoisotopic (exact) mass is 584 g/mol. The number of hydrogen-bond donors (Lipinski definition) is 1. The van der Waals surface area contributed by atoms with E-state index in [4.69, 9.17) is 14.7 Å². The van der Waals surface area contributed by atoms with Gasteiger partial charge in [0.05, 0.1) is 17.3 Å². The Morgan fingerprint density at radius 2 is 1.86 bits per heavy atom. The molecule has 1 saturated carbocycles. The second-order valence-corrected chi connectivity index (χ2v) is 13.0. The van der Waals surface area contributed by atoms with Gasteiger partial charge in [0.1, 0.15) is 23.8 Å². The quantitative estimate of drug-likeness (QED) is 0.413. The lowest BCUT2D eigenvalue weighted by atomic mass is 10.00. The molecule has 228 valence electrons. The van der Waals surface area contributed by atoms with Gasteiger partial charge in [-0.25, -0.2) is 9.97 Å². The van der Waals surface area contributed by atoms with Gasteiger partial charge >= 0.3 is 0 Å². The molecule has 9 nitrogen and oxygen atoms in total. The molecule has 3 fully saturated rings. The van der Waals surface area contributed by atoms with Crippen LogP contribution in [-0.4, -0.2) is 76.6 Å². The molecule has 1 aliphatic carbocycles. The maximum Gasteiger partial charge on any atom is 0.263 e. The first-order valence-electron chi connectivity index (χ1n) is 16.4. The van der Waals surface area contributed by atoms with Crippen molar-refractivity contribution in [3.05, 3.63) is 57.3 Å². The summed E-state index contributed by atoms with van der Waals surface area (Å²) in [5.74, 6) is 1.56. The van der Waals surface area contributed by atoms with E-state index in [2.05, 4.69) is 33.3 Å². The van der Waals surface area contributed by atoms with Crippen LogP contribution in [0.1, 0.15) is 85.2 Å². The molecule has 0 radical (unpaired) electrons. The van der Waals surface area contributed by atoms with Crippen LogP contribution in [0.5, 0.6) is 5.75 Å². The molecule has 4 aliphatic rings. The van der Waals surface area contributed by atoms with Gasteiger partial charge in [-0.3, -0.25) is 19.1 Å². The number of anilines is 1. The molecule has 43 heavy (non-hydrogen) atoms. The Morgan fingerprint density at radius 3 is 2.65 bits per heavy atom. The number of Topliss-reactive ketones (excluding diaryl/α,β-unsaturated/α-hetero) is 1. The number of carbonyl (C=O) groups is 1. The van der Waals surface area contributed by atoms with Crippen LogP contribution >= 0.6 is 0 Å². The summed E-state index contributed by atoms with van der Waals surface area (Å²) in [4.78, 5) is 40.8. The van der Waals surface area contributed by atoms with Crippen LogP contribution in [0, 0.1) is 6.92 Å². The van der Waals surface area contributed by atoms with Gasteiger partial charge < -0.3 is 15.0 Å². The molecule has 7 rings (SSSR count). The van der Waals surface area contributed by atoms with Crippen LogP contribution in [0.15, 0.2) is 29.2 Å². The van der Waals surface area contributed by atoms with Gasteiger partial charge in [-0.1, -0.05) is 18.9 Å². The van der Waals surface area contributed by atoms with E-state index >= 15 is 0 Å². The van der Waals surface area contributed by atoms with E-state index in [-0.39, 0.29) is 22.9 Å². The number of rotatable bonds is 7. The van der Waals surface area contributed by atoms with Crippen molar-refractivity contribution in [1.29, 1.82) is 0 Å². The molecule has 2 aromatic heterocycles. The third-order valence-corrected chi connectivity index (χ3v) is 10.3. The van der Waals surface area contributed by atoms with E-state index in [0.717, 1.165) is 101 Å². The summed E-state index contributed by atoms with van der Waals surface area (Å²) in [7, 11) is 0. The van der Waals surface area contributed by atoms with E-state index in [1.54, 1.807) is 0 Å². The minimum atomic E-state index is -0.194. The zero-order chi connectivity index (χ0) is 29.5. The van der Waals surface area contributed by atoms with Crippen LogP contribution in [-0.2, 0) is 12.8 Å². The fraction of sp³-hybridized carbons (Fsp3) is 0.588. The Labute approximate surface area is 253 Å². The topological polar surface area (TPSA) is 92.6 Å². The largest absolute Gasteiger partial charge is 0.489 e. The highest BCUT2D eigenvalue weighted by Crippen LogP contribution is 2.37. The van der Waals surface area contributed by atoms with Crippen molar-refractivity contribution in [2.45, 2.75) is 89.8 Å². The number of piperidine rings is 1. The molecule has 1 aromatic carbocycles. The lowest BCUT2D eigenvalue weighted by Gasteiger charge is -2.48. The van der Waals surface area contributed by atoms with Crippen molar-refractivity contribution >= 4 is 22.5 Å². The Balaban J connectivity index is 1.06.